The highest BCUT2D eigenvalue weighted by atomic mass is 19.1. The summed E-state index contributed by atoms with van der Waals surface area (Å²) in [6.07, 6.45) is 5.92. The number of ether oxygens (including phenoxy) is 2. The van der Waals surface area contributed by atoms with Crippen LogP contribution in [-0.2, 0) is 4.74 Å². The van der Waals surface area contributed by atoms with Gasteiger partial charge in [0, 0.05) is 38.4 Å². The van der Waals surface area contributed by atoms with Crippen molar-refractivity contribution in [1.82, 2.24) is 14.9 Å². The molecule has 7 heteroatoms. The first-order chi connectivity index (χ1) is 14.5. The minimum Gasteiger partial charge on any atom is -0.439 e. The third kappa shape index (κ3) is 5.67. The van der Waals surface area contributed by atoms with Crippen LogP contribution in [0.4, 0.5) is 10.3 Å². The van der Waals surface area contributed by atoms with Crippen LogP contribution in [0.2, 0.25) is 0 Å². The Balaban J connectivity index is 1.26. The van der Waals surface area contributed by atoms with E-state index in [1.54, 1.807) is 24.4 Å². The van der Waals surface area contributed by atoms with Crippen molar-refractivity contribution in [2.75, 3.05) is 37.6 Å². The summed E-state index contributed by atoms with van der Waals surface area (Å²) < 4.78 is 24.6. The molecule has 0 spiro atoms. The molecule has 1 aromatic heterocycles. The highest BCUT2D eigenvalue weighted by Crippen LogP contribution is 2.26. The van der Waals surface area contributed by atoms with Gasteiger partial charge in [0.05, 0.1) is 12.2 Å². The maximum absolute atomic E-state index is 13.1. The molecule has 2 unspecified atom stereocenters. The van der Waals surface area contributed by atoms with E-state index >= 15 is 0 Å². The van der Waals surface area contributed by atoms with Crippen molar-refractivity contribution < 1.29 is 13.9 Å². The Kier molecular flexibility index (Phi) is 6.79. The second-order valence-electron chi connectivity index (χ2n) is 8.49. The molecular formula is C23H31FN4O2. The predicted octanol–water partition coefficient (Wildman–Crippen LogP) is 4.12. The fraction of sp³-hybridized carbons (Fsp3) is 0.565. The molecule has 0 N–H and O–H groups in total. The topological polar surface area (TPSA) is 50.7 Å². The molecule has 2 aromatic rings. The third-order valence-electron chi connectivity index (χ3n) is 5.90. The molecule has 0 amide bonds. The average Bonchev–Trinajstić information content (AvgIpc) is 2.74. The van der Waals surface area contributed by atoms with Crippen molar-refractivity contribution >= 4 is 5.95 Å². The molecular weight excluding hydrogens is 383 g/mol. The summed E-state index contributed by atoms with van der Waals surface area (Å²) in [5.74, 6) is 2.19. The molecule has 0 radical (unpaired) electrons. The first kappa shape index (κ1) is 21.0. The summed E-state index contributed by atoms with van der Waals surface area (Å²) in [4.78, 5) is 13.8. The van der Waals surface area contributed by atoms with Crippen LogP contribution >= 0.6 is 0 Å². The molecule has 6 nitrogen and oxygen atoms in total. The van der Waals surface area contributed by atoms with Crippen molar-refractivity contribution in [1.29, 1.82) is 0 Å². The van der Waals surface area contributed by atoms with Crippen LogP contribution in [0.1, 0.15) is 33.1 Å². The van der Waals surface area contributed by atoms with Gasteiger partial charge in [0.15, 0.2) is 0 Å². The number of benzene rings is 1. The van der Waals surface area contributed by atoms with Crippen LogP contribution in [0.25, 0.3) is 0 Å². The lowest BCUT2D eigenvalue weighted by Crippen LogP contribution is -2.46. The number of nitrogens with zero attached hydrogens (tertiary/aromatic N) is 4. The second-order valence-corrected chi connectivity index (χ2v) is 8.49. The van der Waals surface area contributed by atoms with E-state index in [9.17, 15) is 4.39 Å². The Morgan fingerprint density at radius 2 is 1.77 bits per heavy atom. The predicted molar refractivity (Wildman–Crippen MR) is 115 cm³/mol. The standard InChI is InChI=1S/C23H31FN4O2/c1-17-15-27(16-18(2)29-17)12-8-19-9-13-28(14-10-19)23-25-11-7-22(26-23)30-21-5-3-20(24)4-6-21/h3-7,11,17-19H,8-10,12-16H2,1-2H3. The maximum atomic E-state index is 13.1. The van der Waals surface area contributed by atoms with Gasteiger partial charge in [-0.2, -0.15) is 4.98 Å². The molecule has 2 fully saturated rings. The van der Waals surface area contributed by atoms with Crippen molar-refractivity contribution in [3.8, 4) is 11.6 Å². The van der Waals surface area contributed by atoms with Crippen molar-refractivity contribution in [3.63, 3.8) is 0 Å². The van der Waals surface area contributed by atoms with E-state index < -0.39 is 0 Å². The molecule has 0 saturated carbocycles. The van der Waals surface area contributed by atoms with Gasteiger partial charge in [-0.25, -0.2) is 9.37 Å². The summed E-state index contributed by atoms with van der Waals surface area (Å²) in [5.41, 5.74) is 0. The molecule has 3 heterocycles. The van der Waals surface area contributed by atoms with E-state index in [2.05, 4.69) is 33.6 Å². The van der Waals surface area contributed by atoms with Gasteiger partial charge >= 0.3 is 0 Å². The maximum Gasteiger partial charge on any atom is 0.228 e. The number of halogens is 1. The van der Waals surface area contributed by atoms with E-state index in [-0.39, 0.29) is 5.82 Å². The van der Waals surface area contributed by atoms with Crippen LogP contribution < -0.4 is 9.64 Å². The third-order valence-corrected chi connectivity index (χ3v) is 5.90. The highest BCUT2D eigenvalue weighted by Gasteiger charge is 2.25. The normalized spacial score (nSPS) is 23.5. The Morgan fingerprint density at radius 1 is 1.07 bits per heavy atom. The zero-order valence-corrected chi connectivity index (χ0v) is 17.8. The molecule has 2 saturated heterocycles. The minimum atomic E-state index is -0.286. The van der Waals surface area contributed by atoms with Gasteiger partial charge in [0.1, 0.15) is 11.6 Å². The van der Waals surface area contributed by atoms with E-state index in [1.165, 1.54) is 18.6 Å². The first-order valence-corrected chi connectivity index (χ1v) is 10.9. The molecule has 0 bridgehead atoms. The average molecular weight is 415 g/mol. The van der Waals surface area contributed by atoms with Crippen molar-refractivity contribution in [2.24, 2.45) is 5.92 Å². The van der Waals surface area contributed by atoms with E-state index in [0.717, 1.165) is 51.5 Å². The Labute approximate surface area is 178 Å². The van der Waals surface area contributed by atoms with Gasteiger partial charge in [-0.15, -0.1) is 0 Å². The van der Waals surface area contributed by atoms with Gasteiger partial charge in [0.25, 0.3) is 0 Å². The molecule has 4 rings (SSSR count). The molecule has 2 atom stereocenters. The van der Waals surface area contributed by atoms with Crippen molar-refractivity contribution in [2.45, 2.75) is 45.3 Å². The lowest BCUT2D eigenvalue weighted by molar-refractivity contribution is -0.0690. The van der Waals surface area contributed by atoms with Crippen LogP contribution in [0.3, 0.4) is 0 Å². The van der Waals surface area contributed by atoms with Crippen LogP contribution in [0.15, 0.2) is 36.5 Å². The number of hydrogen-bond donors (Lipinski definition) is 0. The zero-order valence-electron chi connectivity index (χ0n) is 17.8. The van der Waals surface area contributed by atoms with Gasteiger partial charge < -0.3 is 14.4 Å². The van der Waals surface area contributed by atoms with E-state index in [0.29, 0.717) is 29.8 Å². The molecule has 162 valence electrons. The zero-order chi connectivity index (χ0) is 20.9. The Bertz CT molecular complexity index is 801. The monoisotopic (exact) mass is 414 g/mol. The number of rotatable bonds is 6. The highest BCUT2D eigenvalue weighted by molar-refractivity contribution is 5.34. The summed E-state index contributed by atoms with van der Waals surface area (Å²) in [6, 6.07) is 7.67. The smallest absolute Gasteiger partial charge is 0.228 e. The second kappa shape index (κ2) is 9.71. The largest absolute Gasteiger partial charge is 0.439 e. The van der Waals surface area contributed by atoms with Crippen LogP contribution in [0, 0.1) is 11.7 Å². The fourth-order valence-electron chi connectivity index (χ4n) is 4.42. The quantitative estimate of drug-likeness (QED) is 0.709. The summed E-state index contributed by atoms with van der Waals surface area (Å²) in [5, 5.41) is 0. The number of piperidine rings is 1. The van der Waals surface area contributed by atoms with E-state index in [4.69, 9.17) is 9.47 Å². The summed E-state index contributed by atoms with van der Waals surface area (Å²) in [6.45, 7) is 9.47. The molecule has 1 aromatic carbocycles. The lowest BCUT2D eigenvalue weighted by Gasteiger charge is -2.37. The molecule has 30 heavy (non-hydrogen) atoms. The van der Waals surface area contributed by atoms with E-state index in [1.807, 2.05) is 0 Å². The van der Waals surface area contributed by atoms with Gasteiger partial charge in [-0.3, -0.25) is 4.90 Å². The van der Waals surface area contributed by atoms with Crippen LogP contribution in [0.5, 0.6) is 11.6 Å². The molecule has 0 aliphatic carbocycles. The summed E-state index contributed by atoms with van der Waals surface area (Å²) in [7, 11) is 0. The number of anilines is 1. The number of aromatic nitrogens is 2. The molecule has 2 aliphatic rings. The number of hydrogen-bond acceptors (Lipinski definition) is 6. The van der Waals surface area contributed by atoms with Gasteiger partial charge in [-0.1, -0.05) is 0 Å². The summed E-state index contributed by atoms with van der Waals surface area (Å²) >= 11 is 0. The van der Waals surface area contributed by atoms with Gasteiger partial charge in [-0.05, 0) is 69.8 Å². The lowest BCUT2D eigenvalue weighted by atomic mass is 9.93. The minimum absolute atomic E-state index is 0.286. The number of morpholine rings is 1. The van der Waals surface area contributed by atoms with Crippen LogP contribution in [-0.4, -0.2) is 59.8 Å². The Morgan fingerprint density at radius 3 is 2.47 bits per heavy atom. The van der Waals surface area contributed by atoms with Crippen molar-refractivity contribution in [3.05, 3.63) is 42.3 Å². The van der Waals surface area contributed by atoms with Gasteiger partial charge in [0.2, 0.25) is 11.8 Å². The first-order valence-electron chi connectivity index (χ1n) is 10.9. The fourth-order valence-corrected chi connectivity index (χ4v) is 4.42. The Hall–Kier alpha value is -2.25. The SMILES string of the molecule is CC1CN(CCC2CCN(c3nccc(Oc4ccc(F)cc4)n3)CC2)CC(C)O1. The molecule has 2 aliphatic heterocycles.